The van der Waals surface area contributed by atoms with Gasteiger partial charge in [-0.3, -0.25) is 19.3 Å². The minimum Gasteiger partial charge on any atom is -0.336 e. The van der Waals surface area contributed by atoms with E-state index in [1.807, 2.05) is 24.1 Å². The number of likely N-dealkylation sites (N-methyl/N-ethyl adjacent to an activating group) is 1. The molecule has 0 saturated carbocycles. The highest BCUT2D eigenvalue weighted by molar-refractivity contribution is 5.97. The van der Waals surface area contributed by atoms with Crippen LogP contribution in [0.4, 0.5) is 5.69 Å². The van der Waals surface area contributed by atoms with Crippen molar-refractivity contribution in [2.24, 2.45) is 5.92 Å². The zero-order valence-electron chi connectivity index (χ0n) is 14.7. The predicted octanol–water partition coefficient (Wildman–Crippen LogP) is 0.427. The molecule has 2 amide bonds. The predicted molar refractivity (Wildman–Crippen MR) is 95.3 cm³/mol. The van der Waals surface area contributed by atoms with E-state index in [9.17, 15) is 9.59 Å². The van der Waals surface area contributed by atoms with Gasteiger partial charge < -0.3 is 15.1 Å². The first-order valence-electron chi connectivity index (χ1n) is 8.79. The van der Waals surface area contributed by atoms with Crippen molar-refractivity contribution in [3.05, 3.63) is 42.5 Å². The average molecular weight is 354 g/mol. The van der Waals surface area contributed by atoms with Crippen molar-refractivity contribution in [3.8, 4) is 0 Å². The summed E-state index contributed by atoms with van der Waals surface area (Å²) in [6, 6.07) is 4.11. The third-order valence-electron chi connectivity index (χ3n) is 5.01. The van der Waals surface area contributed by atoms with Gasteiger partial charge in [0, 0.05) is 44.6 Å². The lowest BCUT2D eigenvalue weighted by Gasteiger charge is -2.42. The number of amides is 2. The maximum atomic E-state index is 12.5. The fourth-order valence-electron chi connectivity index (χ4n) is 3.56. The van der Waals surface area contributed by atoms with E-state index < -0.39 is 0 Å². The molecule has 0 aliphatic carbocycles. The lowest BCUT2D eigenvalue weighted by atomic mass is 10.1. The van der Waals surface area contributed by atoms with Crippen LogP contribution in [0.5, 0.6) is 0 Å². The molecule has 2 aromatic rings. The molecule has 0 aromatic carbocycles. The second-order valence-electron chi connectivity index (χ2n) is 7.09. The number of anilines is 1. The van der Waals surface area contributed by atoms with Crippen LogP contribution in [0.1, 0.15) is 12.0 Å². The zero-order valence-corrected chi connectivity index (χ0v) is 14.7. The van der Waals surface area contributed by atoms with Gasteiger partial charge in [0.2, 0.25) is 11.8 Å². The van der Waals surface area contributed by atoms with Gasteiger partial charge in [-0.2, -0.15) is 5.10 Å². The number of hydrogen-bond donors (Lipinski definition) is 1. The van der Waals surface area contributed by atoms with E-state index in [1.54, 1.807) is 29.5 Å². The minimum atomic E-state index is -0.294. The van der Waals surface area contributed by atoms with Crippen LogP contribution in [0.3, 0.4) is 0 Å². The number of likely N-dealkylation sites (tertiary alicyclic amines) is 2. The van der Waals surface area contributed by atoms with Gasteiger partial charge in [0.15, 0.2) is 0 Å². The summed E-state index contributed by atoms with van der Waals surface area (Å²) in [7, 11) is 2.03. The van der Waals surface area contributed by atoms with E-state index >= 15 is 0 Å². The molecule has 4 rings (SSSR count). The van der Waals surface area contributed by atoms with E-state index in [2.05, 4.69) is 20.3 Å². The Hall–Kier alpha value is -2.74. The van der Waals surface area contributed by atoms with Crippen molar-refractivity contribution >= 4 is 17.5 Å². The molecule has 4 heterocycles. The average Bonchev–Trinajstić information content (AvgIpc) is 3.19. The van der Waals surface area contributed by atoms with Gasteiger partial charge in [-0.25, -0.2) is 0 Å². The molecule has 0 bridgehead atoms. The van der Waals surface area contributed by atoms with E-state index in [0.717, 1.165) is 18.7 Å². The van der Waals surface area contributed by atoms with Crippen LogP contribution in [-0.4, -0.2) is 69.1 Å². The Morgan fingerprint density at radius 1 is 1.27 bits per heavy atom. The van der Waals surface area contributed by atoms with Crippen LogP contribution < -0.4 is 5.32 Å². The molecule has 2 aromatic heterocycles. The Kier molecular flexibility index (Phi) is 4.42. The number of pyridine rings is 1. The van der Waals surface area contributed by atoms with Crippen molar-refractivity contribution in [1.82, 2.24) is 24.6 Å². The van der Waals surface area contributed by atoms with Crippen molar-refractivity contribution in [3.63, 3.8) is 0 Å². The molecule has 136 valence electrons. The first-order valence-corrected chi connectivity index (χ1v) is 8.79. The van der Waals surface area contributed by atoms with Crippen molar-refractivity contribution in [2.75, 3.05) is 32.0 Å². The molecule has 1 atom stereocenters. The minimum absolute atomic E-state index is 0.0802. The number of hydrogen-bond acceptors (Lipinski definition) is 5. The molecule has 2 aliphatic rings. The number of rotatable bonds is 5. The lowest BCUT2D eigenvalue weighted by molar-refractivity contribution is -0.132. The number of aromatic nitrogens is 3. The molecule has 8 nitrogen and oxygen atoms in total. The summed E-state index contributed by atoms with van der Waals surface area (Å²) in [4.78, 5) is 32.7. The number of nitrogens with zero attached hydrogens (tertiary/aromatic N) is 5. The Morgan fingerprint density at radius 2 is 2.04 bits per heavy atom. The van der Waals surface area contributed by atoms with Crippen molar-refractivity contribution in [1.29, 1.82) is 0 Å². The van der Waals surface area contributed by atoms with Gasteiger partial charge in [-0.15, -0.1) is 0 Å². The highest BCUT2D eigenvalue weighted by Gasteiger charge is 2.41. The summed E-state index contributed by atoms with van der Waals surface area (Å²) < 4.78 is 1.77. The van der Waals surface area contributed by atoms with E-state index in [1.165, 1.54) is 0 Å². The zero-order chi connectivity index (χ0) is 18.1. The molecule has 1 N–H and O–H groups in total. The normalized spacial score (nSPS) is 21.0. The molecule has 8 heteroatoms. The van der Waals surface area contributed by atoms with Crippen LogP contribution in [0.25, 0.3) is 0 Å². The van der Waals surface area contributed by atoms with E-state index in [4.69, 9.17) is 0 Å². The van der Waals surface area contributed by atoms with Gasteiger partial charge in [-0.05, 0) is 24.7 Å². The fraction of sp³-hybridized carbons (Fsp3) is 0.444. The Morgan fingerprint density at radius 3 is 2.77 bits per heavy atom. The first-order chi connectivity index (χ1) is 12.6. The van der Waals surface area contributed by atoms with Crippen molar-refractivity contribution < 1.29 is 9.59 Å². The summed E-state index contributed by atoms with van der Waals surface area (Å²) in [6.07, 6.45) is 7.20. The Labute approximate surface area is 151 Å². The second kappa shape index (κ2) is 6.87. The standard InChI is InChI=1S/C18H22N6O2/c1-22-11-16(12-22)24-9-14(6-17(24)25)18(26)21-15-7-20-23(10-15)8-13-2-4-19-5-3-13/h2-5,7,10,14,16H,6,8-9,11-12H2,1H3,(H,21,26). The Bertz CT molecular complexity index is 799. The van der Waals surface area contributed by atoms with Crippen LogP contribution in [-0.2, 0) is 16.1 Å². The molecular formula is C18H22N6O2. The van der Waals surface area contributed by atoms with Crippen LogP contribution in [0.2, 0.25) is 0 Å². The molecule has 0 spiro atoms. The van der Waals surface area contributed by atoms with Gasteiger partial charge in [0.1, 0.15) is 0 Å². The number of carbonyl (C=O) groups is 2. The highest BCUT2D eigenvalue weighted by atomic mass is 16.2. The first kappa shape index (κ1) is 16.7. The van der Waals surface area contributed by atoms with E-state index in [-0.39, 0.29) is 30.2 Å². The molecule has 2 aliphatic heterocycles. The molecule has 1 unspecified atom stereocenters. The lowest BCUT2D eigenvalue weighted by Crippen LogP contribution is -2.58. The maximum Gasteiger partial charge on any atom is 0.229 e. The van der Waals surface area contributed by atoms with Gasteiger partial charge in [-0.1, -0.05) is 0 Å². The second-order valence-corrected chi connectivity index (χ2v) is 7.09. The van der Waals surface area contributed by atoms with Gasteiger partial charge in [0.25, 0.3) is 0 Å². The third kappa shape index (κ3) is 3.45. The van der Waals surface area contributed by atoms with Gasteiger partial charge >= 0.3 is 0 Å². The summed E-state index contributed by atoms with van der Waals surface area (Å²) in [5, 5.41) is 7.17. The summed E-state index contributed by atoms with van der Waals surface area (Å²) in [5.41, 5.74) is 1.74. The summed E-state index contributed by atoms with van der Waals surface area (Å²) >= 11 is 0. The fourth-order valence-corrected chi connectivity index (χ4v) is 3.56. The topological polar surface area (TPSA) is 83.4 Å². The highest BCUT2D eigenvalue weighted by Crippen LogP contribution is 2.25. The molecule has 2 saturated heterocycles. The quantitative estimate of drug-likeness (QED) is 0.842. The third-order valence-corrected chi connectivity index (χ3v) is 5.01. The smallest absolute Gasteiger partial charge is 0.229 e. The van der Waals surface area contributed by atoms with Crippen LogP contribution in [0.15, 0.2) is 36.9 Å². The Balaban J connectivity index is 1.33. The monoisotopic (exact) mass is 354 g/mol. The number of carbonyl (C=O) groups excluding carboxylic acids is 2. The summed E-state index contributed by atoms with van der Waals surface area (Å²) in [6.45, 7) is 2.90. The van der Waals surface area contributed by atoms with Crippen LogP contribution >= 0.6 is 0 Å². The SMILES string of the molecule is CN1CC(N2CC(C(=O)Nc3cnn(Cc4ccncc4)c3)CC2=O)C1. The van der Waals surface area contributed by atoms with E-state index in [0.29, 0.717) is 18.8 Å². The molecule has 2 fully saturated rings. The molecule has 0 radical (unpaired) electrons. The largest absolute Gasteiger partial charge is 0.336 e. The molecule has 26 heavy (non-hydrogen) atoms. The summed E-state index contributed by atoms with van der Waals surface area (Å²) in [5.74, 6) is -0.328. The molecular weight excluding hydrogens is 332 g/mol. The van der Waals surface area contributed by atoms with Crippen molar-refractivity contribution in [2.45, 2.75) is 19.0 Å². The van der Waals surface area contributed by atoms with Gasteiger partial charge in [0.05, 0.1) is 30.4 Å². The number of nitrogens with one attached hydrogen (secondary N) is 1. The maximum absolute atomic E-state index is 12.5. The van der Waals surface area contributed by atoms with Crippen LogP contribution in [0, 0.1) is 5.92 Å².